The molecule has 3 nitrogen and oxygen atoms in total. The van der Waals surface area contributed by atoms with Gasteiger partial charge in [0.2, 0.25) is 0 Å². The van der Waals surface area contributed by atoms with Crippen LogP contribution < -0.4 is 5.73 Å². The molecule has 17 heavy (non-hydrogen) atoms. The highest BCUT2D eigenvalue weighted by Crippen LogP contribution is 2.15. The van der Waals surface area contributed by atoms with Crippen LogP contribution in [0.2, 0.25) is 0 Å². The van der Waals surface area contributed by atoms with Crippen LogP contribution in [0.4, 0.5) is 0 Å². The van der Waals surface area contributed by atoms with Crippen molar-refractivity contribution in [1.82, 2.24) is 9.78 Å². The van der Waals surface area contributed by atoms with Crippen molar-refractivity contribution in [3.8, 4) is 0 Å². The summed E-state index contributed by atoms with van der Waals surface area (Å²) in [6.07, 6.45) is 4.81. The molecule has 2 N–H and O–H groups in total. The third-order valence-electron chi connectivity index (χ3n) is 2.75. The van der Waals surface area contributed by atoms with E-state index in [-0.39, 0.29) is 6.04 Å². The number of hydrogen-bond acceptors (Lipinski definition) is 2. The van der Waals surface area contributed by atoms with Gasteiger partial charge in [0.15, 0.2) is 0 Å². The highest BCUT2D eigenvalue weighted by Gasteiger charge is 2.06. The summed E-state index contributed by atoms with van der Waals surface area (Å²) in [5.41, 5.74) is 8.29. The molecule has 2 rings (SSSR count). The Hall–Kier alpha value is -1.13. The van der Waals surface area contributed by atoms with Gasteiger partial charge >= 0.3 is 0 Å². The van der Waals surface area contributed by atoms with Gasteiger partial charge in [0.1, 0.15) is 0 Å². The summed E-state index contributed by atoms with van der Waals surface area (Å²) in [5.74, 6) is 0. The Morgan fingerprint density at radius 3 is 3.00 bits per heavy atom. The van der Waals surface area contributed by atoms with Crippen molar-refractivity contribution in [2.75, 3.05) is 0 Å². The van der Waals surface area contributed by atoms with E-state index in [2.05, 4.69) is 40.1 Å². The van der Waals surface area contributed by atoms with E-state index < -0.39 is 0 Å². The maximum atomic E-state index is 5.96. The number of nitrogens with zero attached hydrogens (tertiary/aromatic N) is 2. The van der Waals surface area contributed by atoms with Gasteiger partial charge in [-0.2, -0.15) is 5.10 Å². The lowest BCUT2D eigenvalue weighted by atomic mass is 10.1. The fourth-order valence-electron chi connectivity index (χ4n) is 1.72. The number of nitrogens with two attached hydrogens (primary N) is 1. The van der Waals surface area contributed by atoms with Crippen LogP contribution in [0.1, 0.15) is 30.5 Å². The molecule has 0 saturated heterocycles. The monoisotopic (exact) mass is 293 g/mol. The molecule has 0 fully saturated rings. The van der Waals surface area contributed by atoms with Crippen LogP contribution in [-0.4, -0.2) is 9.78 Å². The Morgan fingerprint density at radius 2 is 2.29 bits per heavy atom. The van der Waals surface area contributed by atoms with Crippen LogP contribution in [0.5, 0.6) is 0 Å². The molecule has 0 aliphatic rings. The zero-order valence-corrected chi connectivity index (χ0v) is 11.4. The Balaban J connectivity index is 2.11. The normalized spacial score (nSPS) is 12.6. The Labute approximate surface area is 110 Å². The predicted molar refractivity (Wildman–Crippen MR) is 72.7 cm³/mol. The molecule has 4 heteroatoms. The molecule has 1 heterocycles. The van der Waals surface area contributed by atoms with Crippen molar-refractivity contribution in [2.45, 2.75) is 25.9 Å². The Bertz CT molecular complexity index is 493. The highest BCUT2D eigenvalue weighted by atomic mass is 79.9. The zero-order chi connectivity index (χ0) is 12.3. The minimum absolute atomic E-state index is 0.0891. The summed E-state index contributed by atoms with van der Waals surface area (Å²) in [6.45, 7) is 2.85. The van der Waals surface area contributed by atoms with E-state index in [0.717, 1.165) is 23.0 Å². The lowest BCUT2D eigenvalue weighted by molar-refractivity contribution is 0.675. The smallest absolute Gasteiger partial charge is 0.0659 e. The van der Waals surface area contributed by atoms with E-state index in [1.807, 2.05) is 29.2 Å². The molecule has 1 aromatic heterocycles. The van der Waals surface area contributed by atoms with Gasteiger partial charge in [-0.1, -0.05) is 35.0 Å². The van der Waals surface area contributed by atoms with Crippen LogP contribution >= 0.6 is 15.9 Å². The summed E-state index contributed by atoms with van der Waals surface area (Å²) in [4.78, 5) is 0. The Kier molecular flexibility index (Phi) is 3.97. The van der Waals surface area contributed by atoms with Crippen molar-refractivity contribution in [3.63, 3.8) is 0 Å². The first kappa shape index (κ1) is 12.3. The molecule has 0 spiro atoms. The summed E-state index contributed by atoms with van der Waals surface area (Å²) in [7, 11) is 0. The molecule has 1 unspecified atom stereocenters. The molecule has 0 amide bonds. The minimum atomic E-state index is 0.0891. The van der Waals surface area contributed by atoms with E-state index in [4.69, 9.17) is 5.73 Å². The van der Waals surface area contributed by atoms with Gasteiger partial charge in [-0.25, -0.2) is 0 Å². The fraction of sp³-hybridized carbons (Fsp3) is 0.308. The van der Waals surface area contributed by atoms with E-state index in [9.17, 15) is 0 Å². The van der Waals surface area contributed by atoms with Crippen molar-refractivity contribution in [2.24, 2.45) is 5.73 Å². The van der Waals surface area contributed by atoms with Crippen LogP contribution in [0.25, 0.3) is 0 Å². The van der Waals surface area contributed by atoms with Gasteiger partial charge in [-0.3, -0.25) is 4.68 Å². The number of hydrogen-bond donors (Lipinski definition) is 1. The van der Waals surface area contributed by atoms with Crippen molar-refractivity contribution in [3.05, 3.63) is 52.3 Å². The average molecular weight is 294 g/mol. The molecule has 0 aliphatic carbocycles. The molecule has 0 aliphatic heterocycles. The van der Waals surface area contributed by atoms with Gasteiger partial charge in [-0.15, -0.1) is 0 Å². The molecular weight excluding hydrogens is 278 g/mol. The van der Waals surface area contributed by atoms with Crippen LogP contribution in [0, 0.1) is 0 Å². The van der Waals surface area contributed by atoms with Gasteiger partial charge in [0, 0.05) is 22.3 Å². The second-order valence-electron chi connectivity index (χ2n) is 4.12. The SMILES string of the molecule is CCC(N)c1cnn(Cc2cccc(Br)c2)c1. The van der Waals surface area contributed by atoms with Crippen molar-refractivity contribution >= 4 is 15.9 Å². The number of aromatic nitrogens is 2. The third kappa shape index (κ3) is 3.17. The summed E-state index contributed by atoms with van der Waals surface area (Å²) in [5, 5.41) is 4.33. The molecule has 1 atom stereocenters. The number of benzene rings is 1. The Morgan fingerprint density at radius 1 is 1.47 bits per heavy atom. The topological polar surface area (TPSA) is 43.8 Å². The molecule has 90 valence electrons. The quantitative estimate of drug-likeness (QED) is 0.941. The zero-order valence-electron chi connectivity index (χ0n) is 9.81. The highest BCUT2D eigenvalue weighted by molar-refractivity contribution is 9.10. The number of halogens is 1. The first-order valence-corrected chi connectivity index (χ1v) is 6.50. The molecule has 0 bridgehead atoms. The summed E-state index contributed by atoms with van der Waals surface area (Å²) >= 11 is 3.47. The second-order valence-corrected chi connectivity index (χ2v) is 5.03. The lowest BCUT2D eigenvalue weighted by Gasteiger charge is -2.04. The molecule has 0 saturated carbocycles. The second kappa shape index (κ2) is 5.47. The lowest BCUT2D eigenvalue weighted by Crippen LogP contribution is -2.07. The predicted octanol–water partition coefficient (Wildman–Crippen LogP) is 3.10. The largest absolute Gasteiger partial charge is 0.324 e. The first-order chi connectivity index (χ1) is 8.19. The van der Waals surface area contributed by atoms with Crippen LogP contribution in [0.15, 0.2) is 41.1 Å². The summed E-state index contributed by atoms with van der Waals surface area (Å²) < 4.78 is 3.01. The maximum absolute atomic E-state index is 5.96. The van der Waals surface area contributed by atoms with Crippen LogP contribution in [-0.2, 0) is 6.54 Å². The van der Waals surface area contributed by atoms with E-state index in [0.29, 0.717) is 0 Å². The number of rotatable bonds is 4. The average Bonchev–Trinajstić information content (AvgIpc) is 2.76. The van der Waals surface area contributed by atoms with Gasteiger partial charge in [0.05, 0.1) is 12.7 Å². The van der Waals surface area contributed by atoms with Gasteiger partial charge in [-0.05, 0) is 24.1 Å². The summed E-state index contributed by atoms with van der Waals surface area (Å²) in [6, 6.07) is 8.32. The molecular formula is C13H16BrN3. The van der Waals surface area contributed by atoms with Crippen molar-refractivity contribution in [1.29, 1.82) is 0 Å². The molecule has 0 radical (unpaired) electrons. The van der Waals surface area contributed by atoms with E-state index in [1.54, 1.807) is 0 Å². The maximum Gasteiger partial charge on any atom is 0.0659 e. The molecule has 2 aromatic rings. The van der Waals surface area contributed by atoms with E-state index in [1.165, 1.54) is 5.56 Å². The molecule has 1 aromatic carbocycles. The van der Waals surface area contributed by atoms with E-state index >= 15 is 0 Å². The third-order valence-corrected chi connectivity index (χ3v) is 3.25. The first-order valence-electron chi connectivity index (χ1n) is 5.71. The standard InChI is InChI=1S/C13H16BrN3/c1-2-13(15)11-7-16-17(9-11)8-10-4-3-5-12(14)6-10/h3-7,9,13H,2,8,15H2,1H3. The van der Waals surface area contributed by atoms with Crippen LogP contribution in [0.3, 0.4) is 0 Å². The fourth-order valence-corrected chi connectivity index (χ4v) is 2.16. The van der Waals surface area contributed by atoms with Gasteiger partial charge in [0.25, 0.3) is 0 Å². The van der Waals surface area contributed by atoms with Gasteiger partial charge < -0.3 is 5.73 Å². The van der Waals surface area contributed by atoms with Crippen molar-refractivity contribution < 1.29 is 0 Å². The minimum Gasteiger partial charge on any atom is -0.324 e.